The standard InChI is InChI=1S/C26H32O5S/c1-4-7-18(8-5-6-9-24(28)29)25-22-15-12-20(27)16-23(22)31-17-26(25,32-3)19-10-13-21(30-2)14-11-19/h5-6,10-16,18,25,27H,4,7-9,17H2,1-3H3,(H,28,29). The Balaban J connectivity index is 2.10. The van der Waals surface area contributed by atoms with Crippen molar-refractivity contribution in [1.29, 1.82) is 0 Å². The first kappa shape index (κ1) is 24.1. The van der Waals surface area contributed by atoms with Gasteiger partial charge >= 0.3 is 5.97 Å². The fourth-order valence-corrected chi connectivity index (χ4v) is 5.87. The van der Waals surface area contributed by atoms with Gasteiger partial charge in [0.05, 0.1) is 18.3 Å². The predicted octanol–water partition coefficient (Wildman–Crippen LogP) is 5.97. The Morgan fingerprint density at radius 2 is 2.03 bits per heavy atom. The van der Waals surface area contributed by atoms with Crippen LogP contribution in [0.2, 0.25) is 0 Å². The zero-order chi connectivity index (χ0) is 23.1. The number of rotatable bonds is 10. The third kappa shape index (κ3) is 5.07. The largest absolute Gasteiger partial charge is 0.508 e. The van der Waals surface area contributed by atoms with Gasteiger partial charge in [0, 0.05) is 12.0 Å². The Labute approximate surface area is 194 Å². The van der Waals surface area contributed by atoms with E-state index >= 15 is 0 Å². The number of hydrogen-bond acceptors (Lipinski definition) is 5. The molecule has 0 saturated carbocycles. The molecule has 172 valence electrons. The van der Waals surface area contributed by atoms with Crippen LogP contribution < -0.4 is 9.47 Å². The lowest BCUT2D eigenvalue weighted by Gasteiger charge is -2.47. The number of fused-ring (bicyclic) bond motifs is 1. The van der Waals surface area contributed by atoms with E-state index in [1.165, 1.54) is 5.56 Å². The van der Waals surface area contributed by atoms with Crippen LogP contribution in [0.1, 0.15) is 49.7 Å². The van der Waals surface area contributed by atoms with Crippen LogP contribution in [0.15, 0.2) is 54.6 Å². The number of benzene rings is 2. The number of carbonyl (C=O) groups is 1. The van der Waals surface area contributed by atoms with Gasteiger partial charge in [0.15, 0.2) is 0 Å². The highest BCUT2D eigenvalue weighted by Gasteiger charge is 2.48. The van der Waals surface area contributed by atoms with E-state index in [4.69, 9.17) is 14.6 Å². The predicted molar refractivity (Wildman–Crippen MR) is 129 cm³/mol. The van der Waals surface area contributed by atoms with E-state index in [9.17, 15) is 9.90 Å². The SMILES string of the molecule is CCCC(CC=CCC(=O)O)C1c2ccc(O)cc2OCC1(SC)c1ccc(OC)cc1. The molecule has 0 spiro atoms. The summed E-state index contributed by atoms with van der Waals surface area (Å²) in [7, 11) is 1.66. The molecule has 2 N–H and O–H groups in total. The highest BCUT2D eigenvalue weighted by atomic mass is 32.2. The highest BCUT2D eigenvalue weighted by Crippen LogP contribution is 2.57. The van der Waals surface area contributed by atoms with Crippen molar-refractivity contribution < 1.29 is 24.5 Å². The lowest BCUT2D eigenvalue weighted by molar-refractivity contribution is -0.136. The van der Waals surface area contributed by atoms with Gasteiger partial charge in [-0.15, -0.1) is 11.8 Å². The molecule has 1 heterocycles. The number of carboxylic acids is 1. The Kier molecular flexibility index (Phi) is 8.13. The lowest BCUT2D eigenvalue weighted by atomic mass is 9.69. The molecule has 6 heteroatoms. The molecule has 3 unspecified atom stereocenters. The zero-order valence-corrected chi connectivity index (χ0v) is 19.7. The number of methoxy groups -OCH3 is 1. The third-order valence-corrected chi connectivity index (χ3v) is 7.58. The molecule has 32 heavy (non-hydrogen) atoms. The number of phenols is 1. The fourth-order valence-electron chi connectivity index (χ4n) is 4.75. The molecular weight excluding hydrogens is 424 g/mol. The van der Waals surface area contributed by atoms with E-state index in [1.807, 2.05) is 24.3 Å². The molecule has 2 aromatic rings. The molecule has 0 saturated heterocycles. The van der Waals surface area contributed by atoms with Crippen LogP contribution >= 0.6 is 11.8 Å². The van der Waals surface area contributed by atoms with Crippen molar-refractivity contribution >= 4 is 17.7 Å². The van der Waals surface area contributed by atoms with Crippen LogP contribution in [0.3, 0.4) is 0 Å². The van der Waals surface area contributed by atoms with Crippen molar-refractivity contribution in [2.75, 3.05) is 20.0 Å². The summed E-state index contributed by atoms with van der Waals surface area (Å²) in [4.78, 5) is 10.9. The van der Waals surface area contributed by atoms with Crippen molar-refractivity contribution in [1.82, 2.24) is 0 Å². The van der Waals surface area contributed by atoms with Gasteiger partial charge < -0.3 is 19.7 Å². The average Bonchev–Trinajstić information content (AvgIpc) is 2.80. The first-order valence-corrected chi connectivity index (χ1v) is 12.2. The van der Waals surface area contributed by atoms with Crippen molar-refractivity contribution in [2.24, 2.45) is 5.92 Å². The number of aliphatic carboxylic acids is 1. The van der Waals surface area contributed by atoms with Crippen LogP contribution in [0.5, 0.6) is 17.2 Å². The van der Waals surface area contributed by atoms with Gasteiger partial charge in [-0.2, -0.15) is 0 Å². The second kappa shape index (κ2) is 10.8. The topological polar surface area (TPSA) is 76.0 Å². The van der Waals surface area contributed by atoms with Crippen LogP contribution in [0.4, 0.5) is 0 Å². The molecule has 0 fully saturated rings. The van der Waals surface area contributed by atoms with Crippen molar-refractivity contribution in [2.45, 2.75) is 43.3 Å². The summed E-state index contributed by atoms with van der Waals surface area (Å²) < 4.78 is 11.3. The van der Waals surface area contributed by atoms with Gasteiger partial charge in [-0.25, -0.2) is 0 Å². The summed E-state index contributed by atoms with van der Waals surface area (Å²) in [6, 6.07) is 13.6. The van der Waals surface area contributed by atoms with Gasteiger partial charge in [-0.3, -0.25) is 4.79 Å². The van der Waals surface area contributed by atoms with Crippen LogP contribution in [0.25, 0.3) is 0 Å². The average molecular weight is 457 g/mol. The van der Waals surface area contributed by atoms with Crippen LogP contribution in [0, 0.1) is 5.92 Å². The number of allylic oxidation sites excluding steroid dienone is 1. The molecule has 0 aliphatic carbocycles. The Hall–Kier alpha value is -2.60. The summed E-state index contributed by atoms with van der Waals surface area (Å²) in [6.45, 7) is 2.67. The number of carboxylic acid groups (broad SMARTS) is 1. The van der Waals surface area contributed by atoms with E-state index in [1.54, 1.807) is 37.1 Å². The quantitative estimate of drug-likeness (QED) is 0.429. The van der Waals surface area contributed by atoms with Gasteiger partial charge in [0.2, 0.25) is 0 Å². The van der Waals surface area contributed by atoms with E-state index in [-0.39, 0.29) is 28.8 Å². The van der Waals surface area contributed by atoms with Crippen LogP contribution in [-0.4, -0.2) is 36.2 Å². The minimum absolute atomic E-state index is 0.0310. The van der Waals surface area contributed by atoms with Gasteiger partial charge in [0.25, 0.3) is 0 Å². The van der Waals surface area contributed by atoms with Crippen molar-refractivity contribution in [3.05, 3.63) is 65.7 Å². The van der Waals surface area contributed by atoms with Gasteiger partial charge in [0.1, 0.15) is 23.9 Å². The second-order valence-electron chi connectivity index (χ2n) is 8.16. The summed E-state index contributed by atoms with van der Waals surface area (Å²) in [6.07, 6.45) is 8.71. The van der Waals surface area contributed by atoms with E-state index in [0.717, 1.165) is 36.3 Å². The maximum Gasteiger partial charge on any atom is 0.307 e. The number of aromatic hydroxyl groups is 1. The normalized spacial score (nSPS) is 21.0. The van der Waals surface area contributed by atoms with Crippen molar-refractivity contribution in [3.8, 4) is 17.2 Å². The molecule has 0 amide bonds. The number of phenolic OH excluding ortho intramolecular Hbond substituents is 1. The van der Waals surface area contributed by atoms with E-state index in [0.29, 0.717) is 6.61 Å². The monoisotopic (exact) mass is 456 g/mol. The summed E-state index contributed by atoms with van der Waals surface area (Å²) in [5.41, 5.74) is 2.26. The maximum atomic E-state index is 10.9. The smallest absolute Gasteiger partial charge is 0.307 e. The minimum atomic E-state index is -0.822. The molecule has 5 nitrogen and oxygen atoms in total. The third-order valence-electron chi connectivity index (χ3n) is 6.25. The Morgan fingerprint density at radius 3 is 2.66 bits per heavy atom. The summed E-state index contributed by atoms with van der Waals surface area (Å²) >= 11 is 1.79. The van der Waals surface area contributed by atoms with Gasteiger partial charge in [-0.1, -0.05) is 43.7 Å². The summed E-state index contributed by atoms with van der Waals surface area (Å²) in [5.74, 6) is 1.32. The summed E-state index contributed by atoms with van der Waals surface area (Å²) in [5, 5.41) is 19.0. The molecule has 3 rings (SSSR count). The zero-order valence-electron chi connectivity index (χ0n) is 18.9. The van der Waals surface area contributed by atoms with E-state index < -0.39 is 5.97 Å². The molecule has 1 aliphatic rings. The lowest BCUT2D eigenvalue weighted by Crippen LogP contribution is -2.43. The molecule has 0 bridgehead atoms. The number of ether oxygens (including phenoxy) is 2. The molecule has 0 radical (unpaired) electrons. The molecular formula is C26H32O5S. The number of thioether (sulfide) groups is 1. The first-order valence-electron chi connectivity index (χ1n) is 11.0. The highest BCUT2D eigenvalue weighted by molar-refractivity contribution is 7.99. The second-order valence-corrected chi connectivity index (χ2v) is 9.30. The molecule has 1 aliphatic heterocycles. The molecule has 3 atom stereocenters. The molecule has 2 aromatic carbocycles. The van der Waals surface area contributed by atoms with E-state index in [2.05, 4.69) is 25.3 Å². The van der Waals surface area contributed by atoms with Crippen LogP contribution in [-0.2, 0) is 9.54 Å². The maximum absolute atomic E-state index is 10.9. The van der Waals surface area contributed by atoms with Gasteiger partial charge in [-0.05, 0) is 54.3 Å². The Bertz CT molecular complexity index is 940. The molecule has 0 aromatic heterocycles. The Morgan fingerprint density at radius 1 is 1.28 bits per heavy atom. The number of hydrogen-bond donors (Lipinski definition) is 2. The minimum Gasteiger partial charge on any atom is -0.508 e. The first-order chi connectivity index (χ1) is 15.4. The van der Waals surface area contributed by atoms with Crippen molar-refractivity contribution in [3.63, 3.8) is 0 Å². The fraction of sp³-hybridized carbons (Fsp3) is 0.423.